The van der Waals surface area contributed by atoms with Gasteiger partial charge in [0.1, 0.15) is 12.2 Å². The predicted octanol–water partition coefficient (Wildman–Crippen LogP) is -0.629. The second-order valence-electron chi connectivity index (χ2n) is 6.18. The molecule has 0 bridgehead atoms. The number of nitrogens with zero attached hydrogens (tertiary/aromatic N) is 1. The molecule has 1 saturated carbocycles. The quantitative estimate of drug-likeness (QED) is 0.492. The van der Waals surface area contributed by atoms with Crippen molar-refractivity contribution in [1.29, 1.82) is 0 Å². The summed E-state index contributed by atoms with van der Waals surface area (Å²) in [7, 11) is 0. The number of aliphatic hydroxyl groups is 1. The Labute approximate surface area is 131 Å². The minimum Gasteiger partial charge on any atom is -0.382 e. The third-order valence-corrected chi connectivity index (χ3v) is 4.09. The third kappa shape index (κ3) is 4.66. The second kappa shape index (κ2) is 7.89. The predicted molar refractivity (Wildman–Crippen MR) is 81.0 cm³/mol. The average molecular weight is 313 g/mol. The number of likely N-dealkylation sites (tertiary alicyclic amines) is 1. The van der Waals surface area contributed by atoms with Crippen molar-refractivity contribution >= 4 is 11.8 Å². The number of aliphatic hydroxyl groups excluding tert-OH is 1. The van der Waals surface area contributed by atoms with Crippen molar-refractivity contribution in [3.8, 4) is 0 Å². The zero-order valence-corrected chi connectivity index (χ0v) is 13.2. The molecule has 0 radical (unpaired) electrons. The van der Waals surface area contributed by atoms with E-state index in [1.165, 1.54) is 0 Å². The zero-order valence-electron chi connectivity index (χ0n) is 13.2. The summed E-state index contributed by atoms with van der Waals surface area (Å²) in [6.07, 6.45) is 2.81. The number of unbranched alkanes of at least 4 members (excludes halogenated alkanes) is 1. The monoisotopic (exact) mass is 313 g/mol. The van der Waals surface area contributed by atoms with E-state index >= 15 is 0 Å². The first-order valence-electron chi connectivity index (χ1n) is 8.17. The SMILES string of the molecule is CCCCO[C@H]1CCN(C[C@H](N)C(O)C(=O)NC2CC2)C1=O. The van der Waals surface area contributed by atoms with Crippen LogP contribution in [0.15, 0.2) is 0 Å². The summed E-state index contributed by atoms with van der Waals surface area (Å²) in [4.78, 5) is 25.5. The molecule has 1 heterocycles. The van der Waals surface area contributed by atoms with E-state index in [4.69, 9.17) is 10.5 Å². The first kappa shape index (κ1) is 17.2. The van der Waals surface area contributed by atoms with Crippen LogP contribution >= 0.6 is 0 Å². The maximum Gasteiger partial charge on any atom is 0.251 e. The van der Waals surface area contributed by atoms with Crippen LogP contribution in [0.5, 0.6) is 0 Å². The summed E-state index contributed by atoms with van der Waals surface area (Å²) in [5, 5.41) is 12.7. The topological polar surface area (TPSA) is 105 Å². The van der Waals surface area contributed by atoms with Crippen LogP contribution in [0.4, 0.5) is 0 Å². The first-order chi connectivity index (χ1) is 10.5. The molecule has 126 valence electrons. The lowest BCUT2D eigenvalue weighted by molar-refractivity contribution is -0.139. The normalized spacial score (nSPS) is 24.4. The highest BCUT2D eigenvalue weighted by molar-refractivity contribution is 5.84. The van der Waals surface area contributed by atoms with Crippen molar-refractivity contribution in [3.05, 3.63) is 0 Å². The zero-order chi connectivity index (χ0) is 16.1. The molecular formula is C15H27N3O4. The van der Waals surface area contributed by atoms with Crippen LogP contribution in [0.2, 0.25) is 0 Å². The molecule has 7 heteroatoms. The lowest BCUT2D eigenvalue weighted by Gasteiger charge is -2.24. The number of ether oxygens (including phenoxy) is 1. The smallest absolute Gasteiger partial charge is 0.251 e. The van der Waals surface area contributed by atoms with Crippen molar-refractivity contribution in [3.63, 3.8) is 0 Å². The van der Waals surface area contributed by atoms with Crippen molar-refractivity contribution < 1.29 is 19.4 Å². The molecule has 0 aromatic carbocycles. The van der Waals surface area contributed by atoms with Gasteiger partial charge in [0.15, 0.2) is 0 Å². The third-order valence-electron chi connectivity index (χ3n) is 4.09. The highest BCUT2D eigenvalue weighted by Gasteiger charge is 2.36. The molecule has 0 aromatic heterocycles. The van der Waals surface area contributed by atoms with Crippen molar-refractivity contribution in [1.82, 2.24) is 10.2 Å². The molecule has 1 aliphatic carbocycles. The molecule has 2 aliphatic rings. The van der Waals surface area contributed by atoms with Crippen LogP contribution in [0, 0.1) is 0 Å². The van der Waals surface area contributed by atoms with Crippen LogP contribution in [-0.2, 0) is 14.3 Å². The number of nitrogens with one attached hydrogen (secondary N) is 1. The van der Waals surface area contributed by atoms with Crippen LogP contribution in [0.25, 0.3) is 0 Å². The van der Waals surface area contributed by atoms with Crippen LogP contribution in [0.1, 0.15) is 39.0 Å². The van der Waals surface area contributed by atoms with E-state index in [1.807, 2.05) is 0 Å². The van der Waals surface area contributed by atoms with Gasteiger partial charge in [-0.15, -0.1) is 0 Å². The van der Waals surface area contributed by atoms with Gasteiger partial charge in [-0.25, -0.2) is 0 Å². The maximum atomic E-state index is 12.2. The number of hydrogen-bond acceptors (Lipinski definition) is 5. The summed E-state index contributed by atoms with van der Waals surface area (Å²) in [6.45, 7) is 3.38. The Morgan fingerprint density at radius 1 is 1.50 bits per heavy atom. The van der Waals surface area contributed by atoms with Gasteiger partial charge in [-0.05, 0) is 19.3 Å². The number of rotatable bonds is 9. The molecule has 0 aromatic rings. The minimum atomic E-state index is -1.28. The molecule has 4 N–H and O–H groups in total. The number of carbonyl (C=O) groups excluding carboxylic acids is 2. The van der Waals surface area contributed by atoms with E-state index < -0.39 is 24.2 Å². The molecule has 22 heavy (non-hydrogen) atoms. The molecule has 0 spiro atoms. The van der Waals surface area contributed by atoms with Gasteiger partial charge in [-0.2, -0.15) is 0 Å². The van der Waals surface area contributed by atoms with Gasteiger partial charge in [-0.3, -0.25) is 9.59 Å². The van der Waals surface area contributed by atoms with Gasteiger partial charge in [-0.1, -0.05) is 13.3 Å². The molecule has 2 fully saturated rings. The standard InChI is InChI=1S/C15H27N3O4/c1-2-3-8-22-12-6-7-18(15(12)21)9-11(16)13(19)14(20)17-10-4-5-10/h10-13,19H,2-9,16H2,1H3,(H,17,20)/t11-,12-,13?/m0/s1. The summed E-state index contributed by atoms with van der Waals surface area (Å²) < 4.78 is 5.56. The Bertz CT molecular complexity index is 400. The van der Waals surface area contributed by atoms with E-state index in [0.29, 0.717) is 19.6 Å². The molecule has 1 saturated heterocycles. The Kier molecular flexibility index (Phi) is 6.16. The van der Waals surface area contributed by atoms with Crippen molar-refractivity contribution in [2.75, 3.05) is 19.7 Å². The molecule has 1 unspecified atom stereocenters. The van der Waals surface area contributed by atoms with E-state index in [2.05, 4.69) is 12.2 Å². The fraction of sp³-hybridized carbons (Fsp3) is 0.867. The fourth-order valence-corrected chi connectivity index (χ4v) is 2.48. The lowest BCUT2D eigenvalue weighted by atomic mass is 10.1. The second-order valence-corrected chi connectivity index (χ2v) is 6.18. The van der Waals surface area contributed by atoms with Crippen LogP contribution in [-0.4, -0.2) is 65.8 Å². The van der Waals surface area contributed by atoms with E-state index in [0.717, 1.165) is 25.7 Å². The molecular weight excluding hydrogens is 286 g/mol. The Balaban J connectivity index is 1.74. The van der Waals surface area contributed by atoms with Crippen LogP contribution < -0.4 is 11.1 Å². The van der Waals surface area contributed by atoms with Crippen LogP contribution in [0.3, 0.4) is 0 Å². The lowest BCUT2D eigenvalue weighted by Crippen LogP contribution is -2.52. The summed E-state index contributed by atoms with van der Waals surface area (Å²) in [5.41, 5.74) is 5.88. The number of carbonyl (C=O) groups is 2. The van der Waals surface area contributed by atoms with Gasteiger partial charge in [0.25, 0.3) is 11.8 Å². The molecule has 2 rings (SSSR count). The molecule has 3 atom stereocenters. The largest absolute Gasteiger partial charge is 0.382 e. The van der Waals surface area contributed by atoms with E-state index in [1.54, 1.807) is 4.90 Å². The van der Waals surface area contributed by atoms with Crippen molar-refractivity contribution in [2.24, 2.45) is 5.73 Å². The fourth-order valence-electron chi connectivity index (χ4n) is 2.48. The van der Waals surface area contributed by atoms with Gasteiger partial charge in [0, 0.05) is 32.2 Å². The van der Waals surface area contributed by atoms with Gasteiger partial charge >= 0.3 is 0 Å². The highest BCUT2D eigenvalue weighted by atomic mass is 16.5. The Morgan fingerprint density at radius 2 is 2.23 bits per heavy atom. The van der Waals surface area contributed by atoms with E-state index in [9.17, 15) is 14.7 Å². The van der Waals surface area contributed by atoms with Crippen molar-refractivity contribution in [2.45, 2.75) is 63.3 Å². The molecule has 2 amide bonds. The summed E-state index contributed by atoms with van der Waals surface area (Å²) >= 11 is 0. The first-order valence-corrected chi connectivity index (χ1v) is 8.17. The van der Waals surface area contributed by atoms with E-state index in [-0.39, 0.29) is 18.5 Å². The number of hydrogen-bond donors (Lipinski definition) is 3. The summed E-state index contributed by atoms with van der Waals surface area (Å²) in [6, 6.07) is -0.601. The number of nitrogens with two attached hydrogens (primary N) is 1. The molecule has 7 nitrogen and oxygen atoms in total. The van der Waals surface area contributed by atoms with Gasteiger partial charge in [0.05, 0.1) is 6.04 Å². The highest BCUT2D eigenvalue weighted by Crippen LogP contribution is 2.19. The summed E-state index contributed by atoms with van der Waals surface area (Å²) in [5.74, 6) is -0.543. The Morgan fingerprint density at radius 3 is 2.86 bits per heavy atom. The minimum absolute atomic E-state index is 0.0960. The number of amides is 2. The Hall–Kier alpha value is -1.18. The van der Waals surface area contributed by atoms with Gasteiger partial charge in [0.2, 0.25) is 0 Å². The van der Waals surface area contributed by atoms with Gasteiger partial charge < -0.3 is 25.8 Å². The maximum absolute atomic E-state index is 12.2. The molecule has 1 aliphatic heterocycles. The average Bonchev–Trinajstić information content (AvgIpc) is 3.25.